The summed E-state index contributed by atoms with van der Waals surface area (Å²) in [7, 11) is 0. The van der Waals surface area contributed by atoms with Gasteiger partial charge in [-0.3, -0.25) is 9.59 Å². The second-order valence-corrected chi connectivity index (χ2v) is 17.1. The number of aliphatic hydroxyl groups excluding tert-OH is 2. The Bertz CT molecular complexity index is 1060. The van der Waals surface area contributed by atoms with Gasteiger partial charge in [-0.1, -0.05) is 209 Å². The molecule has 348 valence electrons. The first-order valence-electron chi connectivity index (χ1n) is 25.6. The molecule has 0 saturated carbocycles. The number of rotatable bonds is 46. The summed E-state index contributed by atoms with van der Waals surface area (Å²) in [5, 5.41) is 22.9. The Labute approximate surface area is 371 Å². The van der Waals surface area contributed by atoms with Gasteiger partial charge in [0.05, 0.1) is 25.4 Å². The van der Waals surface area contributed by atoms with Gasteiger partial charge in [-0.05, 0) is 83.5 Å². The molecule has 2 atom stereocenters. The maximum atomic E-state index is 12.4. The molecule has 3 N–H and O–H groups in total. The van der Waals surface area contributed by atoms with Gasteiger partial charge in [-0.15, -0.1) is 0 Å². The Kier molecular flexibility index (Phi) is 47.2. The van der Waals surface area contributed by atoms with Crippen molar-refractivity contribution >= 4 is 11.9 Å². The van der Waals surface area contributed by atoms with Gasteiger partial charge in [0.2, 0.25) is 5.91 Å². The molecule has 0 aromatic rings. The molecule has 0 radical (unpaired) electrons. The van der Waals surface area contributed by atoms with Gasteiger partial charge < -0.3 is 20.3 Å². The predicted molar refractivity (Wildman–Crippen MR) is 259 cm³/mol. The van der Waals surface area contributed by atoms with E-state index in [1.54, 1.807) is 6.08 Å². The molecule has 6 heteroatoms. The molecule has 1 amide bonds. The number of ether oxygens (including phenoxy) is 1. The van der Waals surface area contributed by atoms with E-state index in [0.29, 0.717) is 25.9 Å². The lowest BCUT2D eigenvalue weighted by Gasteiger charge is -2.19. The average Bonchev–Trinajstić information content (AvgIpc) is 3.25. The number of hydrogen-bond acceptors (Lipinski definition) is 5. The Balaban J connectivity index is 3.59. The van der Waals surface area contributed by atoms with E-state index in [1.807, 2.05) is 12.2 Å². The highest BCUT2D eigenvalue weighted by molar-refractivity contribution is 5.76. The van der Waals surface area contributed by atoms with Gasteiger partial charge in [0, 0.05) is 12.8 Å². The van der Waals surface area contributed by atoms with Crippen molar-refractivity contribution in [2.24, 2.45) is 0 Å². The van der Waals surface area contributed by atoms with Crippen LogP contribution in [0, 0.1) is 0 Å². The van der Waals surface area contributed by atoms with Crippen molar-refractivity contribution in [1.29, 1.82) is 0 Å². The number of hydrogen-bond donors (Lipinski definition) is 3. The van der Waals surface area contributed by atoms with Crippen molar-refractivity contribution in [3.63, 3.8) is 0 Å². The molecule has 0 spiro atoms. The fourth-order valence-corrected chi connectivity index (χ4v) is 7.30. The van der Waals surface area contributed by atoms with Crippen molar-refractivity contribution in [1.82, 2.24) is 5.32 Å². The molecule has 0 fully saturated rings. The van der Waals surface area contributed by atoms with Crippen LogP contribution in [0.2, 0.25) is 0 Å². The summed E-state index contributed by atoms with van der Waals surface area (Å²) < 4.78 is 5.45. The molecule has 0 saturated heterocycles. The van der Waals surface area contributed by atoms with Crippen LogP contribution in [0.4, 0.5) is 0 Å². The lowest BCUT2D eigenvalue weighted by atomic mass is 10.0. The molecule has 0 aliphatic rings. The monoisotopic (exact) mass is 840 g/mol. The molecule has 0 aromatic carbocycles. The summed E-state index contributed by atoms with van der Waals surface area (Å²) in [6, 6.07) is -0.673. The van der Waals surface area contributed by atoms with Crippen LogP contribution in [0.5, 0.6) is 0 Å². The summed E-state index contributed by atoms with van der Waals surface area (Å²) >= 11 is 0. The zero-order chi connectivity index (χ0) is 43.7. The normalized spacial score (nSPS) is 13.2. The molecule has 60 heavy (non-hydrogen) atoms. The van der Waals surface area contributed by atoms with E-state index < -0.39 is 12.1 Å². The molecular weight excluding hydrogens is 743 g/mol. The first-order chi connectivity index (χ1) is 29.5. The highest BCUT2D eigenvalue weighted by Gasteiger charge is 2.17. The maximum absolute atomic E-state index is 12.4. The summed E-state index contributed by atoms with van der Waals surface area (Å²) in [5.74, 6) is -0.179. The van der Waals surface area contributed by atoms with Gasteiger partial charge in [-0.2, -0.15) is 0 Å². The quantitative estimate of drug-likeness (QED) is 0.0322. The van der Waals surface area contributed by atoms with Crippen molar-refractivity contribution in [2.45, 2.75) is 257 Å². The van der Waals surface area contributed by atoms with Crippen molar-refractivity contribution < 1.29 is 24.5 Å². The lowest BCUT2D eigenvalue weighted by Crippen LogP contribution is -2.45. The minimum absolute atomic E-state index is 0.0275. The third kappa shape index (κ3) is 45.1. The van der Waals surface area contributed by atoms with Crippen molar-refractivity contribution in [3.05, 3.63) is 60.8 Å². The smallest absolute Gasteiger partial charge is 0.305 e. The molecule has 0 aliphatic carbocycles. The highest BCUT2D eigenvalue weighted by Crippen LogP contribution is 2.14. The van der Waals surface area contributed by atoms with E-state index in [1.165, 1.54) is 154 Å². The maximum Gasteiger partial charge on any atom is 0.305 e. The van der Waals surface area contributed by atoms with Crippen LogP contribution in [0.25, 0.3) is 0 Å². The highest BCUT2D eigenvalue weighted by atomic mass is 16.5. The zero-order valence-corrected chi connectivity index (χ0v) is 39.4. The number of amides is 1. The van der Waals surface area contributed by atoms with Gasteiger partial charge in [0.15, 0.2) is 0 Å². The van der Waals surface area contributed by atoms with E-state index in [2.05, 4.69) is 61.7 Å². The Hall–Kier alpha value is -2.44. The molecule has 0 bridgehead atoms. The minimum atomic E-state index is -0.880. The fourth-order valence-electron chi connectivity index (χ4n) is 7.30. The van der Waals surface area contributed by atoms with Crippen LogP contribution in [-0.2, 0) is 14.3 Å². The second kappa shape index (κ2) is 49.2. The van der Waals surface area contributed by atoms with Crippen LogP contribution in [0.3, 0.4) is 0 Å². The van der Waals surface area contributed by atoms with Gasteiger partial charge in [-0.25, -0.2) is 0 Å². The Morgan fingerprint density at radius 1 is 0.467 bits per heavy atom. The summed E-state index contributed by atoms with van der Waals surface area (Å²) in [6.45, 7) is 4.79. The second-order valence-electron chi connectivity index (χ2n) is 17.1. The number of unbranched alkanes of at least 4 members (excludes halogenated alkanes) is 27. The van der Waals surface area contributed by atoms with E-state index in [-0.39, 0.29) is 18.5 Å². The van der Waals surface area contributed by atoms with Crippen LogP contribution in [0.1, 0.15) is 245 Å². The molecular formula is C54H97NO5. The number of esters is 1. The van der Waals surface area contributed by atoms with E-state index in [9.17, 15) is 19.8 Å². The van der Waals surface area contributed by atoms with Crippen molar-refractivity contribution in [3.8, 4) is 0 Å². The fraction of sp³-hybridized carbons (Fsp3) is 0.778. The average molecular weight is 840 g/mol. The Morgan fingerprint density at radius 2 is 0.850 bits per heavy atom. The molecule has 0 aliphatic heterocycles. The number of allylic oxidation sites excluding steroid dienone is 9. The van der Waals surface area contributed by atoms with Gasteiger partial charge >= 0.3 is 5.97 Å². The Morgan fingerprint density at radius 3 is 1.33 bits per heavy atom. The lowest BCUT2D eigenvalue weighted by molar-refractivity contribution is -0.143. The number of aliphatic hydroxyl groups is 2. The van der Waals surface area contributed by atoms with Crippen LogP contribution in [-0.4, -0.2) is 47.4 Å². The molecule has 2 unspecified atom stereocenters. The number of carbonyl (C=O) groups excluding carboxylic acids is 2. The third-order valence-electron chi connectivity index (χ3n) is 11.3. The summed E-state index contributed by atoms with van der Waals surface area (Å²) in [5.41, 5.74) is 0. The number of carbonyl (C=O) groups is 2. The van der Waals surface area contributed by atoms with Crippen LogP contribution < -0.4 is 5.32 Å². The van der Waals surface area contributed by atoms with E-state index in [4.69, 9.17) is 4.74 Å². The van der Waals surface area contributed by atoms with Crippen molar-refractivity contribution in [2.75, 3.05) is 13.2 Å². The minimum Gasteiger partial charge on any atom is -0.466 e. The van der Waals surface area contributed by atoms with E-state index >= 15 is 0 Å². The predicted octanol–water partition coefficient (Wildman–Crippen LogP) is 15.2. The third-order valence-corrected chi connectivity index (χ3v) is 11.3. The molecule has 6 nitrogen and oxygen atoms in total. The number of nitrogens with one attached hydrogen (secondary N) is 1. The molecule has 0 heterocycles. The summed E-state index contributed by atoms with van der Waals surface area (Å²) in [6.07, 6.45) is 62.3. The molecule has 0 rings (SSSR count). The first kappa shape index (κ1) is 57.6. The SMILES string of the molecule is CCCCC/C=C\C/C=C\CCCCCCCCCC(=O)OCCCCCCCC/C=C\C/C=C\CCC(=O)NC(CO)C(O)/C=C/CCCCCCCCCCCCC. The summed E-state index contributed by atoms with van der Waals surface area (Å²) in [4.78, 5) is 24.4. The van der Waals surface area contributed by atoms with Crippen LogP contribution >= 0.6 is 0 Å². The standard InChI is InChI=1S/C54H97NO5/c1-3-5-7-9-11-13-15-17-18-19-20-24-28-32-36-40-44-48-54(59)60-49-45-41-37-33-29-25-21-23-27-31-35-39-43-47-53(58)55-51(50-56)52(57)46-42-38-34-30-26-22-16-14-12-10-8-6-4-2/h11,13,17-18,23,27,35,39,42,46,51-52,56-57H,3-10,12,14-16,19-22,24-26,28-34,36-38,40-41,43-45,47-50H2,1-2H3,(H,55,58)/b13-11-,18-17-,27-23-,39-35-,46-42+. The molecule has 0 aromatic heterocycles. The van der Waals surface area contributed by atoms with Gasteiger partial charge in [0.1, 0.15) is 0 Å². The zero-order valence-electron chi connectivity index (χ0n) is 39.4. The topological polar surface area (TPSA) is 95.9 Å². The largest absolute Gasteiger partial charge is 0.466 e. The van der Waals surface area contributed by atoms with Crippen LogP contribution in [0.15, 0.2) is 60.8 Å². The van der Waals surface area contributed by atoms with E-state index in [0.717, 1.165) is 57.8 Å². The van der Waals surface area contributed by atoms with Gasteiger partial charge in [0.25, 0.3) is 0 Å². The first-order valence-corrected chi connectivity index (χ1v) is 25.6.